The van der Waals surface area contributed by atoms with E-state index >= 15 is 0 Å². The molecule has 2 N–H and O–H groups in total. The smallest absolute Gasteiger partial charge is 0.331 e. The lowest BCUT2D eigenvalue weighted by Crippen LogP contribution is -2.52. The van der Waals surface area contributed by atoms with E-state index in [2.05, 4.69) is 10.6 Å². The number of rotatable bonds is 6. The quantitative estimate of drug-likeness (QED) is 0.712. The third-order valence-corrected chi connectivity index (χ3v) is 4.00. The highest BCUT2D eigenvalue weighted by atomic mass is 16.5. The topological polar surface area (TPSA) is 67.4 Å². The highest BCUT2D eigenvalue weighted by Gasteiger charge is 2.34. The predicted octanol–water partition coefficient (Wildman–Crippen LogP) is 1.22. The molecule has 0 radical (unpaired) electrons. The van der Waals surface area contributed by atoms with Gasteiger partial charge in [-0.15, -0.1) is 0 Å². The van der Waals surface area contributed by atoms with Crippen LogP contribution in [0.1, 0.15) is 46.0 Å². The van der Waals surface area contributed by atoms with E-state index in [4.69, 9.17) is 4.74 Å². The Balaban J connectivity index is 2.38. The van der Waals surface area contributed by atoms with Gasteiger partial charge in [-0.25, -0.2) is 4.79 Å². The van der Waals surface area contributed by atoms with Gasteiger partial charge in [0.05, 0.1) is 7.11 Å². The lowest BCUT2D eigenvalue weighted by molar-refractivity contribution is -0.150. The molecule has 1 fully saturated rings. The fourth-order valence-electron chi connectivity index (χ4n) is 2.38. The molecule has 1 saturated heterocycles. The van der Waals surface area contributed by atoms with Crippen LogP contribution in [0.2, 0.25) is 0 Å². The van der Waals surface area contributed by atoms with E-state index in [-0.39, 0.29) is 11.9 Å². The van der Waals surface area contributed by atoms with Crippen molar-refractivity contribution in [2.24, 2.45) is 5.92 Å². The number of hydrogen-bond donors (Lipinski definition) is 2. The highest BCUT2D eigenvalue weighted by molar-refractivity contribution is 5.87. The third kappa shape index (κ3) is 4.82. The fraction of sp³-hybridized carbons (Fsp3) is 0.857. The number of nitrogens with one attached hydrogen (secondary N) is 2. The summed E-state index contributed by atoms with van der Waals surface area (Å²) < 4.78 is 4.74. The molecule has 0 aromatic rings. The maximum atomic E-state index is 11.9. The molecule has 5 heteroatoms. The molecule has 0 spiro atoms. The van der Waals surface area contributed by atoms with Crippen LogP contribution in [-0.2, 0) is 14.3 Å². The Morgan fingerprint density at radius 3 is 2.53 bits per heavy atom. The molecule has 1 atom stereocenters. The second-order valence-electron chi connectivity index (χ2n) is 5.46. The minimum Gasteiger partial charge on any atom is -0.467 e. The summed E-state index contributed by atoms with van der Waals surface area (Å²) >= 11 is 0. The summed E-state index contributed by atoms with van der Waals surface area (Å²) in [5.74, 6) is 0.177. The monoisotopic (exact) mass is 270 g/mol. The van der Waals surface area contributed by atoms with Gasteiger partial charge in [-0.05, 0) is 51.6 Å². The molecular weight excluding hydrogens is 244 g/mol. The zero-order valence-electron chi connectivity index (χ0n) is 12.3. The molecule has 0 bridgehead atoms. The van der Waals surface area contributed by atoms with Gasteiger partial charge in [-0.3, -0.25) is 4.79 Å². The lowest BCUT2D eigenvalue weighted by atomic mass is 9.92. The van der Waals surface area contributed by atoms with Crippen molar-refractivity contribution in [3.8, 4) is 0 Å². The average Bonchev–Trinajstić information content (AvgIpc) is 2.45. The van der Waals surface area contributed by atoms with Gasteiger partial charge >= 0.3 is 5.97 Å². The van der Waals surface area contributed by atoms with Gasteiger partial charge in [0, 0.05) is 6.42 Å². The Hall–Kier alpha value is -1.10. The summed E-state index contributed by atoms with van der Waals surface area (Å²) in [6, 6.07) is 0. The van der Waals surface area contributed by atoms with Crippen LogP contribution in [0, 0.1) is 5.92 Å². The molecule has 1 aliphatic heterocycles. The van der Waals surface area contributed by atoms with Crippen molar-refractivity contribution in [1.29, 1.82) is 0 Å². The van der Waals surface area contributed by atoms with Gasteiger partial charge in [-0.2, -0.15) is 0 Å². The number of carbonyl (C=O) groups is 2. The minimum absolute atomic E-state index is 0.0618. The van der Waals surface area contributed by atoms with Crippen LogP contribution >= 0.6 is 0 Å². The van der Waals surface area contributed by atoms with Crippen molar-refractivity contribution in [3.63, 3.8) is 0 Å². The molecule has 0 aromatic carbocycles. The van der Waals surface area contributed by atoms with Crippen molar-refractivity contribution in [2.75, 3.05) is 20.2 Å². The first-order chi connectivity index (χ1) is 9.01. The molecule has 1 amide bonds. The predicted molar refractivity (Wildman–Crippen MR) is 73.7 cm³/mol. The molecule has 1 heterocycles. The largest absolute Gasteiger partial charge is 0.467 e. The Morgan fingerprint density at radius 1 is 1.37 bits per heavy atom. The Morgan fingerprint density at radius 2 is 2.00 bits per heavy atom. The molecule has 110 valence electrons. The van der Waals surface area contributed by atoms with Crippen LogP contribution in [0.5, 0.6) is 0 Å². The first kappa shape index (κ1) is 16.0. The average molecular weight is 270 g/mol. The number of piperidine rings is 1. The maximum absolute atomic E-state index is 11.9. The number of esters is 1. The minimum atomic E-state index is -0.903. The van der Waals surface area contributed by atoms with Crippen LogP contribution in [-0.4, -0.2) is 37.6 Å². The first-order valence-electron chi connectivity index (χ1n) is 7.12. The summed E-state index contributed by atoms with van der Waals surface area (Å²) in [6.45, 7) is 5.66. The van der Waals surface area contributed by atoms with Crippen LogP contribution in [0.15, 0.2) is 0 Å². The molecule has 5 nitrogen and oxygen atoms in total. The van der Waals surface area contributed by atoms with Gasteiger partial charge in [0.2, 0.25) is 5.91 Å². The van der Waals surface area contributed by atoms with Crippen molar-refractivity contribution in [1.82, 2.24) is 10.6 Å². The SMILES string of the molecule is CCC(C)(NC(=O)CCC1CCNCC1)C(=O)OC. The molecule has 0 aromatic heterocycles. The third-order valence-electron chi connectivity index (χ3n) is 4.00. The van der Waals surface area contributed by atoms with E-state index in [0.29, 0.717) is 18.8 Å². The summed E-state index contributed by atoms with van der Waals surface area (Å²) in [6.07, 6.45) is 4.18. The van der Waals surface area contributed by atoms with E-state index < -0.39 is 5.54 Å². The molecule has 1 rings (SSSR count). The van der Waals surface area contributed by atoms with Crippen LogP contribution in [0.4, 0.5) is 0 Å². The molecule has 1 aliphatic rings. The van der Waals surface area contributed by atoms with Gasteiger partial charge < -0.3 is 15.4 Å². The van der Waals surface area contributed by atoms with Gasteiger partial charge in [0.15, 0.2) is 0 Å². The highest BCUT2D eigenvalue weighted by Crippen LogP contribution is 2.18. The van der Waals surface area contributed by atoms with Crippen molar-refractivity contribution in [2.45, 2.75) is 51.5 Å². The first-order valence-corrected chi connectivity index (χ1v) is 7.12. The summed E-state index contributed by atoms with van der Waals surface area (Å²) in [5.41, 5.74) is -0.903. The number of hydrogen-bond acceptors (Lipinski definition) is 4. The second-order valence-corrected chi connectivity index (χ2v) is 5.46. The molecule has 1 unspecified atom stereocenters. The van der Waals surface area contributed by atoms with Gasteiger partial charge in [0.1, 0.15) is 5.54 Å². The zero-order valence-corrected chi connectivity index (χ0v) is 12.3. The summed E-state index contributed by atoms with van der Waals surface area (Å²) in [4.78, 5) is 23.6. The van der Waals surface area contributed by atoms with Gasteiger partial charge in [0.25, 0.3) is 0 Å². The molecule has 19 heavy (non-hydrogen) atoms. The molecule has 0 saturated carbocycles. The van der Waals surface area contributed by atoms with Crippen molar-refractivity contribution >= 4 is 11.9 Å². The van der Waals surface area contributed by atoms with E-state index in [0.717, 1.165) is 32.4 Å². The Bertz CT molecular complexity index is 314. The number of methoxy groups -OCH3 is 1. The summed E-state index contributed by atoms with van der Waals surface area (Å²) in [7, 11) is 1.34. The van der Waals surface area contributed by atoms with E-state index in [1.54, 1.807) is 6.92 Å². The Labute approximate surface area is 115 Å². The van der Waals surface area contributed by atoms with Crippen molar-refractivity contribution < 1.29 is 14.3 Å². The van der Waals surface area contributed by atoms with Crippen LogP contribution < -0.4 is 10.6 Å². The Kier molecular flexibility index (Phi) is 6.28. The van der Waals surface area contributed by atoms with Crippen LogP contribution in [0.25, 0.3) is 0 Å². The summed E-state index contributed by atoms with van der Waals surface area (Å²) in [5, 5.41) is 6.11. The number of ether oxygens (including phenoxy) is 1. The normalized spacial score (nSPS) is 19.5. The van der Waals surface area contributed by atoms with E-state index in [1.165, 1.54) is 7.11 Å². The number of carbonyl (C=O) groups excluding carboxylic acids is 2. The molecule has 0 aliphatic carbocycles. The lowest BCUT2D eigenvalue weighted by Gasteiger charge is -2.27. The standard InChI is InChI=1S/C14H26N2O3/c1-4-14(2,13(18)19-3)16-12(17)6-5-11-7-9-15-10-8-11/h11,15H,4-10H2,1-3H3,(H,16,17). The van der Waals surface area contributed by atoms with Crippen LogP contribution in [0.3, 0.4) is 0 Å². The van der Waals surface area contributed by atoms with Gasteiger partial charge in [-0.1, -0.05) is 6.92 Å². The van der Waals surface area contributed by atoms with Crippen molar-refractivity contribution in [3.05, 3.63) is 0 Å². The molecular formula is C14H26N2O3. The fourth-order valence-corrected chi connectivity index (χ4v) is 2.38. The van der Waals surface area contributed by atoms with E-state index in [9.17, 15) is 9.59 Å². The second kappa shape index (κ2) is 7.48. The van der Waals surface area contributed by atoms with E-state index in [1.807, 2.05) is 6.92 Å². The zero-order chi connectivity index (χ0) is 14.3. The number of amides is 1. The maximum Gasteiger partial charge on any atom is 0.331 e.